The molecule has 0 spiro atoms. The van der Waals surface area contributed by atoms with Crippen molar-refractivity contribution in [3.05, 3.63) is 42.2 Å². The highest BCUT2D eigenvalue weighted by Gasteiger charge is 2.18. The third kappa shape index (κ3) is 2.92. The van der Waals surface area contributed by atoms with Crippen LogP contribution >= 0.6 is 0 Å². The van der Waals surface area contributed by atoms with Crippen molar-refractivity contribution in [2.45, 2.75) is 0 Å². The molecule has 1 aliphatic heterocycles. The van der Waals surface area contributed by atoms with Gasteiger partial charge in [0.05, 0.1) is 5.56 Å². The quantitative estimate of drug-likeness (QED) is 0.914. The fourth-order valence-electron chi connectivity index (χ4n) is 2.63. The lowest BCUT2D eigenvalue weighted by Crippen LogP contribution is -2.44. The molecular formula is C16H19N5O. The zero-order chi connectivity index (χ0) is 15.5. The van der Waals surface area contributed by atoms with Gasteiger partial charge < -0.3 is 15.5 Å². The van der Waals surface area contributed by atoms with E-state index in [9.17, 15) is 4.79 Å². The normalized spacial score (nSPS) is 15.8. The maximum absolute atomic E-state index is 11.8. The maximum Gasteiger partial charge on any atom is 0.249 e. The minimum absolute atomic E-state index is 0.460. The lowest BCUT2D eigenvalue weighted by Gasteiger charge is -2.34. The molecule has 1 aliphatic rings. The first-order valence-electron chi connectivity index (χ1n) is 7.30. The van der Waals surface area contributed by atoms with Crippen molar-refractivity contribution in [3.8, 4) is 11.4 Å². The highest BCUT2D eigenvalue weighted by molar-refractivity contribution is 6.00. The number of amides is 1. The number of primary amides is 1. The van der Waals surface area contributed by atoms with Gasteiger partial charge in [-0.1, -0.05) is 0 Å². The molecule has 1 aromatic heterocycles. The number of anilines is 1. The van der Waals surface area contributed by atoms with Gasteiger partial charge in [-0.25, -0.2) is 9.97 Å². The molecule has 0 saturated carbocycles. The monoisotopic (exact) mass is 297 g/mol. The highest BCUT2D eigenvalue weighted by atomic mass is 16.1. The van der Waals surface area contributed by atoms with Crippen molar-refractivity contribution in [2.75, 3.05) is 38.1 Å². The Kier molecular flexibility index (Phi) is 4.02. The summed E-state index contributed by atoms with van der Waals surface area (Å²) in [6, 6.07) is 7.47. The summed E-state index contributed by atoms with van der Waals surface area (Å²) in [5.74, 6) is 0.0552. The molecule has 0 radical (unpaired) electrons. The zero-order valence-electron chi connectivity index (χ0n) is 12.6. The molecule has 2 N–H and O–H groups in total. The number of carbonyl (C=O) groups excluding carboxylic acids is 1. The van der Waals surface area contributed by atoms with Gasteiger partial charge in [0.2, 0.25) is 5.91 Å². The van der Waals surface area contributed by atoms with E-state index < -0.39 is 5.91 Å². The largest absolute Gasteiger partial charge is 0.369 e. The standard InChI is InChI=1S/C16H19N5O/c1-20-7-9-21(10-8-20)12-3-4-13(14(11-12)15(17)22)16-18-5-2-6-19-16/h2-6,11H,7-10H2,1H3,(H2,17,22). The molecule has 6 heteroatoms. The summed E-state index contributed by atoms with van der Waals surface area (Å²) in [4.78, 5) is 24.8. The molecular weight excluding hydrogens is 278 g/mol. The highest BCUT2D eigenvalue weighted by Crippen LogP contribution is 2.26. The summed E-state index contributed by atoms with van der Waals surface area (Å²) >= 11 is 0. The summed E-state index contributed by atoms with van der Waals surface area (Å²) in [5.41, 5.74) is 7.70. The number of benzene rings is 1. The van der Waals surface area contributed by atoms with Crippen LogP contribution in [0.3, 0.4) is 0 Å². The third-order valence-corrected chi connectivity index (χ3v) is 3.94. The molecule has 2 heterocycles. The first-order valence-corrected chi connectivity index (χ1v) is 7.30. The fraction of sp³-hybridized carbons (Fsp3) is 0.312. The van der Waals surface area contributed by atoms with Crippen LogP contribution in [0.1, 0.15) is 10.4 Å². The average molecular weight is 297 g/mol. The van der Waals surface area contributed by atoms with E-state index in [1.165, 1.54) is 0 Å². The summed E-state index contributed by atoms with van der Waals surface area (Å²) in [6.07, 6.45) is 3.31. The molecule has 6 nitrogen and oxygen atoms in total. The Morgan fingerprint density at radius 2 is 1.82 bits per heavy atom. The number of hydrogen-bond acceptors (Lipinski definition) is 5. The average Bonchev–Trinajstić information content (AvgIpc) is 2.56. The summed E-state index contributed by atoms with van der Waals surface area (Å²) in [5, 5.41) is 0. The van der Waals surface area contributed by atoms with Crippen molar-refractivity contribution in [2.24, 2.45) is 5.73 Å². The molecule has 0 bridgehead atoms. The van der Waals surface area contributed by atoms with Crippen molar-refractivity contribution in [1.82, 2.24) is 14.9 Å². The van der Waals surface area contributed by atoms with Gasteiger partial charge in [-0.2, -0.15) is 0 Å². The van der Waals surface area contributed by atoms with Crippen LogP contribution in [-0.4, -0.2) is 54.0 Å². The molecule has 114 valence electrons. The lowest BCUT2D eigenvalue weighted by molar-refractivity contribution is 0.100. The number of nitrogens with two attached hydrogens (primary N) is 1. The van der Waals surface area contributed by atoms with Gasteiger partial charge in [-0.3, -0.25) is 4.79 Å². The van der Waals surface area contributed by atoms with Crippen molar-refractivity contribution in [1.29, 1.82) is 0 Å². The van der Waals surface area contributed by atoms with E-state index in [2.05, 4.69) is 26.8 Å². The van der Waals surface area contributed by atoms with Gasteiger partial charge in [-0.05, 0) is 31.3 Å². The zero-order valence-corrected chi connectivity index (χ0v) is 12.6. The van der Waals surface area contributed by atoms with Crippen LogP contribution in [0.5, 0.6) is 0 Å². The van der Waals surface area contributed by atoms with Gasteiger partial charge in [0.15, 0.2) is 5.82 Å². The number of aromatic nitrogens is 2. The van der Waals surface area contributed by atoms with Gasteiger partial charge in [0, 0.05) is 49.8 Å². The number of piperazine rings is 1. The van der Waals surface area contributed by atoms with Gasteiger partial charge in [0.1, 0.15) is 0 Å². The third-order valence-electron chi connectivity index (χ3n) is 3.94. The minimum Gasteiger partial charge on any atom is -0.369 e. The molecule has 22 heavy (non-hydrogen) atoms. The molecule has 0 unspecified atom stereocenters. The Morgan fingerprint density at radius 1 is 1.14 bits per heavy atom. The Hall–Kier alpha value is -2.47. The number of rotatable bonds is 3. The van der Waals surface area contributed by atoms with Crippen LogP contribution in [0, 0.1) is 0 Å². The Labute approximate surface area is 129 Å². The van der Waals surface area contributed by atoms with Crippen molar-refractivity contribution < 1.29 is 4.79 Å². The van der Waals surface area contributed by atoms with E-state index in [4.69, 9.17) is 5.73 Å². The number of nitrogens with zero attached hydrogens (tertiary/aromatic N) is 4. The topological polar surface area (TPSA) is 75.3 Å². The van der Waals surface area contributed by atoms with E-state index in [0.29, 0.717) is 17.0 Å². The second-order valence-corrected chi connectivity index (χ2v) is 5.46. The molecule has 1 amide bonds. The molecule has 2 aromatic rings. The van der Waals surface area contributed by atoms with Crippen LogP contribution in [-0.2, 0) is 0 Å². The smallest absolute Gasteiger partial charge is 0.249 e. The number of likely N-dealkylation sites (N-methyl/N-ethyl adjacent to an activating group) is 1. The lowest BCUT2D eigenvalue weighted by atomic mass is 10.0. The minimum atomic E-state index is -0.460. The predicted molar refractivity (Wildman–Crippen MR) is 85.7 cm³/mol. The number of carbonyl (C=O) groups is 1. The van der Waals surface area contributed by atoms with Gasteiger partial charge in [0.25, 0.3) is 0 Å². The van der Waals surface area contributed by atoms with Crippen LogP contribution < -0.4 is 10.6 Å². The summed E-state index contributed by atoms with van der Waals surface area (Å²) in [6.45, 7) is 3.90. The van der Waals surface area contributed by atoms with Gasteiger partial charge >= 0.3 is 0 Å². The predicted octanol–water partition coefficient (Wildman–Crippen LogP) is 0.994. The van der Waals surface area contributed by atoms with E-state index in [1.54, 1.807) is 18.5 Å². The van der Waals surface area contributed by atoms with Crippen LogP contribution in [0.15, 0.2) is 36.7 Å². The van der Waals surface area contributed by atoms with Crippen LogP contribution in [0.2, 0.25) is 0 Å². The van der Waals surface area contributed by atoms with E-state index in [-0.39, 0.29) is 0 Å². The van der Waals surface area contributed by atoms with E-state index in [0.717, 1.165) is 31.9 Å². The molecule has 1 saturated heterocycles. The van der Waals surface area contributed by atoms with Crippen LogP contribution in [0.4, 0.5) is 5.69 Å². The van der Waals surface area contributed by atoms with Gasteiger partial charge in [-0.15, -0.1) is 0 Å². The first kappa shape index (κ1) is 14.5. The fourth-order valence-corrected chi connectivity index (χ4v) is 2.63. The van der Waals surface area contributed by atoms with E-state index >= 15 is 0 Å². The SMILES string of the molecule is CN1CCN(c2ccc(-c3ncccn3)c(C(N)=O)c2)CC1. The molecule has 3 rings (SSSR count). The second kappa shape index (κ2) is 6.11. The first-order chi connectivity index (χ1) is 10.6. The number of hydrogen-bond donors (Lipinski definition) is 1. The molecule has 1 fully saturated rings. The summed E-state index contributed by atoms with van der Waals surface area (Å²) in [7, 11) is 2.11. The molecule has 0 atom stereocenters. The van der Waals surface area contributed by atoms with Crippen LogP contribution in [0.25, 0.3) is 11.4 Å². The Morgan fingerprint density at radius 3 is 2.45 bits per heavy atom. The second-order valence-electron chi connectivity index (χ2n) is 5.46. The molecule has 0 aliphatic carbocycles. The molecule has 1 aromatic carbocycles. The summed E-state index contributed by atoms with van der Waals surface area (Å²) < 4.78 is 0. The van der Waals surface area contributed by atoms with Crippen molar-refractivity contribution >= 4 is 11.6 Å². The Bertz CT molecular complexity index is 665. The van der Waals surface area contributed by atoms with E-state index in [1.807, 2.05) is 18.2 Å². The van der Waals surface area contributed by atoms with Crippen molar-refractivity contribution in [3.63, 3.8) is 0 Å². The Balaban J connectivity index is 1.96. The maximum atomic E-state index is 11.8.